The molecule has 0 bridgehead atoms. The van der Waals surface area contributed by atoms with Crippen LogP contribution in [0.4, 0.5) is 0 Å². The third-order valence-electron chi connectivity index (χ3n) is 2.20. The highest BCUT2D eigenvalue weighted by Gasteiger charge is 2.12. The van der Waals surface area contributed by atoms with E-state index in [9.17, 15) is 0 Å². The van der Waals surface area contributed by atoms with Gasteiger partial charge in [0.25, 0.3) is 0 Å². The number of nitrogens with one attached hydrogen (secondary N) is 1. The van der Waals surface area contributed by atoms with Gasteiger partial charge in [-0.15, -0.1) is 0 Å². The van der Waals surface area contributed by atoms with Crippen molar-refractivity contribution in [2.24, 2.45) is 5.92 Å². The summed E-state index contributed by atoms with van der Waals surface area (Å²) in [5.74, 6) is 1.85. The smallest absolute Gasteiger partial charge is 0.123 e. The van der Waals surface area contributed by atoms with Crippen LogP contribution in [-0.4, -0.2) is 17.3 Å². The van der Waals surface area contributed by atoms with Crippen molar-refractivity contribution >= 4 is 5.84 Å². The van der Waals surface area contributed by atoms with Crippen LogP contribution in [0.2, 0.25) is 0 Å². The highest BCUT2D eigenvalue weighted by molar-refractivity contribution is 5.80. The third-order valence-corrected chi connectivity index (χ3v) is 2.20. The summed E-state index contributed by atoms with van der Waals surface area (Å²) in [7, 11) is 0. The monoisotopic (exact) mass is 194 g/mol. The number of hydrogen-bond acceptors (Lipinski definition) is 2. The zero-order valence-electron chi connectivity index (χ0n) is 9.08. The Morgan fingerprint density at radius 2 is 2.29 bits per heavy atom. The number of hydrogen-bond donors (Lipinski definition) is 1. The molecular weight excluding hydrogens is 176 g/mol. The summed E-state index contributed by atoms with van der Waals surface area (Å²) in [6, 6.07) is 3.82. The summed E-state index contributed by atoms with van der Waals surface area (Å²) in [4.78, 5) is 2.02. The SMILES string of the molecule is CCN(Cc1ccco1)C(=N)C(C)C. The van der Waals surface area contributed by atoms with E-state index in [1.54, 1.807) is 6.26 Å². The average Bonchev–Trinajstić information content (AvgIpc) is 2.65. The Bertz CT molecular complexity index is 277. The molecule has 0 spiro atoms. The lowest BCUT2D eigenvalue weighted by Crippen LogP contribution is -2.32. The van der Waals surface area contributed by atoms with Gasteiger partial charge >= 0.3 is 0 Å². The van der Waals surface area contributed by atoms with E-state index in [0.717, 1.165) is 12.3 Å². The number of rotatable bonds is 4. The molecule has 1 aromatic heterocycles. The lowest BCUT2D eigenvalue weighted by atomic mass is 10.2. The first-order chi connectivity index (χ1) is 6.65. The minimum absolute atomic E-state index is 0.268. The molecule has 0 amide bonds. The fourth-order valence-electron chi connectivity index (χ4n) is 1.32. The summed E-state index contributed by atoms with van der Waals surface area (Å²) < 4.78 is 5.26. The van der Waals surface area contributed by atoms with Crippen molar-refractivity contribution in [1.82, 2.24) is 4.90 Å². The molecule has 78 valence electrons. The molecule has 0 saturated carbocycles. The van der Waals surface area contributed by atoms with Gasteiger partial charge in [-0.1, -0.05) is 13.8 Å². The van der Waals surface area contributed by atoms with Crippen molar-refractivity contribution in [3.63, 3.8) is 0 Å². The molecule has 0 aliphatic rings. The maximum Gasteiger partial charge on any atom is 0.123 e. The Balaban J connectivity index is 2.60. The van der Waals surface area contributed by atoms with Crippen LogP contribution in [0.5, 0.6) is 0 Å². The molecule has 0 radical (unpaired) electrons. The maximum absolute atomic E-state index is 7.89. The van der Waals surface area contributed by atoms with Crippen LogP contribution in [0, 0.1) is 11.3 Å². The molecule has 0 atom stereocenters. The molecule has 1 N–H and O–H groups in total. The molecular formula is C11H18N2O. The van der Waals surface area contributed by atoms with Crippen molar-refractivity contribution in [2.45, 2.75) is 27.3 Å². The summed E-state index contributed by atoms with van der Waals surface area (Å²) in [6.07, 6.45) is 1.67. The second kappa shape index (κ2) is 4.84. The Labute approximate surface area is 85.2 Å². The second-order valence-corrected chi connectivity index (χ2v) is 3.63. The van der Waals surface area contributed by atoms with Crippen LogP contribution in [0.25, 0.3) is 0 Å². The van der Waals surface area contributed by atoms with Crippen molar-refractivity contribution in [3.05, 3.63) is 24.2 Å². The largest absolute Gasteiger partial charge is 0.467 e. The van der Waals surface area contributed by atoms with Gasteiger partial charge in [-0.2, -0.15) is 0 Å². The van der Waals surface area contributed by atoms with E-state index in [1.165, 1.54) is 0 Å². The van der Waals surface area contributed by atoms with Crippen LogP contribution in [0.15, 0.2) is 22.8 Å². The van der Waals surface area contributed by atoms with Gasteiger partial charge in [0.05, 0.1) is 18.6 Å². The Kier molecular flexibility index (Phi) is 3.74. The Morgan fingerprint density at radius 1 is 1.57 bits per heavy atom. The van der Waals surface area contributed by atoms with Crippen molar-refractivity contribution in [3.8, 4) is 0 Å². The van der Waals surface area contributed by atoms with E-state index in [0.29, 0.717) is 12.4 Å². The Hall–Kier alpha value is -1.25. The van der Waals surface area contributed by atoms with Gasteiger partial charge < -0.3 is 9.32 Å². The fourth-order valence-corrected chi connectivity index (χ4v) is 1.32. The quantitative estimate of drug-likeness (QED) is 0.591. The summed E-state index contributed by atoms with van der Waals surface area (Å²) in [5.41, 5.74) is 0. The van der Waals surface area contributed by atoms with E-state index in [2.05, 4.69) is 6.92 Å². The second-order valence-electron chi connectivity index (χ2n) is 3.63. The molecule has 0 saturated heterocycles. The van der Waals surface area contributed by atoms with Gasteiger partial charge in [-0.25, -0.2) is 0 Å². The first kappa shape index (κ1) is 10.8. The molecule has 1 rings (SSSR count). The first-order valence-electron chi connectivity index (χ1n) is 5.01. The molecule has 3 nitrogen and oxygen atoms in total. The highest BCUT2D eigenvalue weighted by atomic mass is 16.3. The molecule has 14 heavy (non-hydrogen) atoms. The standard InChI is InChI=1S/C11H18N2O/c1-4-13(11(12)9(2)3)8-10-6-5-7-14-10/h5-7,9,12H,4,8H2,1-3H3. The van der Waals surface area contributed by atoms with Crippen LogP contribution >= 0.6 is 0 Å². The number of amidine groups is 1. The predicted molar refractivity (Wildman–Crippen MR) is 57.4 cm³/mol. The van der Waals surface area contributed by atoms with Gasteiger partial charge in [-0.3, -0.25) is 5.41 Å². The molecule has 0 aliphatic carbocycles. The summed E-state index contributed by atoms with van der Waals surface area (Å²) in [6.45, 7) is 7.67. The normalized spacial score (nSPS) is 10.6. The third kappa shape index (κ3) is 2.62. The van der Waals surface area contributed by atoms with Gasteiger partial charge in [0, 0.05) is 12.5 Å². The molecule has 0 aliphatic heterocycles. The average molecular weight is 194 g/mol. The number of furan rings is 1. The molecule has 0 unspecified atom stereocenters. The van der Waals surface area contributed by atoms with E-state index < -0.39 is 0 Å². The molecule has 1 aromatic rings. The van der Waals surface area contributed by atoms with Crippen LogP contribution in [0.3, 0.4) is 0 Å². The van der Waals surface area contributed by atoms with E-state index in [1.807, 2.05) is 30.9 Å². The lowest BCUT2D eigenvalue weighted by molar-refractivity contribution is 0.360. The van der Waals surface area contributed by atoms with Gasteiger partial charge in [0.2, 0.25) is 0 Å². The predicted octanol–water partition coefficient (Wildman–Crippen LogP) is 2.73. The zero-order chi connectivity index (χ0) is 10.6. The maximum atomic E-state index is 7.89. The minimum atomic E-state index is 0.268. The van der Waals surface area contributed by atoms with Crippen molar-refractivity contribution < 1.29 is 4.42 Å². The molecule has 0 aromatic carbocycles. The van der Waals surface area contributed by atoms with Crippen LogP contribution < -0.4 is 0 Å². The molecule has 0 fully saturated rings. The highest BCUT2D eigenvalue weighted by Crippen LogP contribution is 2.09. The number of nitrogens with zero attached hydrogens (tertiary/aromatic N) is 1. The van der Waals surface area contributed by atoms with Crippen LogP contribution in [-0.2, 0) is 6.54 Å². The van der Waals surface area contributed by atoms with Gasteiger partial charge in [-0.05, 0) is 19.1 Å². The van der Waals surface area contributed by atoms with Gasteiger partial charge in [0.15, 0.2) is 0 Å². The van der Waals surface area contributed by atoms with E-state index >= 15 is 0 Å². The van der Waals surface area contributed by atoms with E-state index in [4.69, 9.17) is 9.83 Å². The van der Waals surface area contributed by atoms with Crippen molar-refractivity contribution in [1.29, 1.82) is 5.41 Å². The topological polar surface area (TPSA) is 40.2 Å². The molecule has 3 heteroatoms. The zero-order valence-corrected chi connectivity index (χ0v) is 9.08. The van der Waals surface area contributed by atoms with Gasteiger partial charge in [0.1, 0.15) is 5.76 Å². The van der Waals surface area contributed by atoms with Crippen molar-refractivity contribution in [2.75, 3.05) is 6.54 Å². The van der Waals surface area contributed by atoms with E-state index in [-0.39, 0.29) is 5.92 Å². The minimum Gasteiger partial charge on any atom is -0.467 e. The fraction of sp³-hybridized carbons (Fsp3) is 0.545. The summed E-state index contributed by atoms with van der Waals surface area (Å²) >= 11 is 0. The van der Waals surface area contributed by atoms with Crippen LogP contribution in [0.1, 0.15) is 26.5 Å². The lowest BCUT2D eigenvalue weighted by Gasteiger charge is -2.24. The summed E-state index contributed by atoms with van der Waals surface area (Å²) in [5, 5.41) is 7.89. The Morgan fingerprint density at radius 3 is 2.71 bits per heavy atom. The first-order valence-corrected chi connectivity index (χ1v) is 5.01. The molecule has 1 heterocycles.